The van der Waals surface area contributed by atoms with Gasteiger partial charge in [0.15, 0.2) is 6.10 Å². The van der Waals surface area contributed by atoms with Gasteiger partial charge in [-0.25, -0.2) is 9.59 Å². The standard InChI is InChI=1S/C11H20N2O4/c1-3-8-4-5-13(7-8)11(16)12-6-9(17-2)10(14)15/h8-9H,3-7H2,1-2H3,(H,12,16)(H,14,15). The van der Waals surface area contributed by atoms with Crippen molar-refractivity contribution in [3.05, 3.63) is 0 Å². The van der Waals surface area contributed by atoms with Crippen molar-refractivity contribution in [2.24, 2.45) is 5.92 Å². The van der Waals surface area contributed by atoms with E-state index < -0.39 is 12.1 Å². The van der Waals surface area contributed by atoms with Gasteiger partial charge in [0.1, 0.15) is 0 Å². The molecule has 0 aromatic rings. The van der Waals surface area contributed by atoms with Gasteiger partial charge in [-0.3, -0.25) is 0 Å². The Kier molecular flexibility index (Phi) is 5.21. The summed E-state index contributed by atoms with van der Waals surface area (Å²) in [5.41, 5.74) is 0. The van der Waals surface area contributed by atoms with Gasteiger partial charge in [-0.15, -0.1) is 0 Å². The van der Waals surface area contributed by atoms with E-state index in [2.05, 4.69) is 12.2 Å². The molecule has 6 heteroatoms. The van der Waals surface area contributed by atoms with Crippen molar-refractivity contribution in [3.63, 3.8) is 0 Å². The maximum atomic E-state index is 11.7. The lowest BCUT2D eigenvalue weighted by Gasteiger charge is -2.18. The van der Waals surface area contributed by atoms with Crippen LogP contribution in [0.3, 0.4) is 0 Å². The predicted octanol–water partition coefficient (Wildman–Crippen LogP) is 0.527. The number of hydrogen-bond donors (Lipinski definition) is 2. The molecular weight excluding hydrogens is 224 g/mol. The van der Waals surface area contributed by atoms with Crippen LogP contribution in [0.25, 0.3) is 0 Å². The van der Waals surface area contributed by atoms with Crippen LogP contribution < -0.4 is 5.32 Å². The van der Waals surface area contributed by atoms with Gasteiger partial charge < -0.3 is 20.1 Å². The molecule has 1 saturated heterocycles. The number of carbonyl (C=O) groups excluding carboxylic acids is 1. The van der Waals surface area contributed by atoms with E-state index in [0.717, 1.165) is 25.9 Å². The van der Waals surface area contributed by atoms with Crippen LogP contribution in [0.15, 0.2) is 0 Å². The average Bonchev–Trinajstić information content (AvgIpc) is 2.77. The number of carboxylic acids is 1. The van der Waals surface area contributed by atoms with Gasteiger partial charge >= 0.3 is 12.0 Å². The fourth-order valence-electron chi connectivity index (χ4n) is 1.91. The second-order valence-electron chi connectivity index (χ2n) is 4.26. The molecule has 1 aliphatic heterocycles. The molecule has 1 aliphatic rings. The van der Waals surface area contributed by atoms with Gasteiger partial charge in [-0.05, 0) is 12.3 Å². The highest BCUT2D eigenvalue weighted by Gasteiger charge is 2.26. The summed E-state index contributed by atoms with van der Waals surface area (Å²) in [4.78, 5) is 24.1. The van der Waals surface area contributed by atoms with Gasteiger partial charge in [0.25, 0.3) is 0 Å². The van der Waals surface area contributed by atoms with Gasteiger partial charge in [0.05, 0.1) is 6.54 Å². The molecule has 0 saturated carbocycles. The zero-order chi connectivity index (χ0) is 12.8. The molecule has 98 valence electrons. The van der Waals surface area contributed by atoms with Gasteiger partial charge in [-0.2, -0.15) is 0 Å². The molecule has 6 nitrogen and oxygen atoms in total. The van der Waals surface area contributed by atoms with Gasteiger partial charge in [-0.1, -0.05) is 13.3 Å². The molecule has 1 fully saturated rings. The van der Waals surface area contributed by atoms with Crippen LogP contribution in [0.1, 0.15) is 19.8 Å². The highest BCUT2D eigenvalue weighted by atomic mass is 16.5. The van der Waals surface area contributed by atoms with E-state index in [4.69, 9.17) is 9.84 Å². The fraction of sp³-hybridized carbons (Fsp3) is 0.818. The number of rotatable bonds is 5. The normalized spacial score (nSPS) is 21.3. The Labute approximate surface area is 101 Å². The first-order chi connectivity index (χ1) is 8.08. The first-order valence-electron chi connectivity index (χ1n) is 5.86. The average molecular weight is 244 g/mol. The number of aliphatic carboxylic acids is 1. The number of carbonyl (C=O) groups is 2. The van der Waals surface area contributed by atoms with Crippen LogP contribution in [0.4, 0.5) is 4.79 Å². The molecule has 0 radical (unpaired) electrons. The van der Waals surface area contributed by atoms with Crippen molar-refractivity contribution >= 4 is 12.0 Å². The molecule has 0 aromatic heterocycles. The molecule has 0 aromatic carbocycles. The first-order valence-corrected chi connectivity index (χ1v) is 5.86. The number of hydrogen-bond acceptors (Lipinski definition) is 3. The summed E-state index contributed by atoms with van der Waals surface area (Å²) >= 11 is 0. The third kappa shape index (κ3) is 3.89. The zero-order valence-corrected chi connectivity index (χ0v) is 10.3. The van der Waals surface area contributed by atoms with E-state index in [1.54, 1.807) is 4.90 Å². The number of methoxy groups -OCH3 is 1. The maximum absolute atomic E-state index is 11.7. The predicted molar refractivity (Wildman–Crippen MR) is 61.8 cm³/mol. The van der Waals surface area contributed by atoms with E-state index >= 15 is 0 Å². The lowest BCUT2D eigenvalue weighted by Crippen LogP contribution is -2.44. The minimum absolute atomic E-state index is 0.00203. The van der Waals surface area contributed by atoms with E-state index in [1.165, 1.54) is 7.11 Å². The van der Waals surface area contributed by atoms with E-state index in [1.807, 2.05) is 0 Å². The Morgan fingerprint density at radius 3 is 2.76 bits per heavy atom. The number of ether oxygens (including phenoxy) is 1. The summed E-state index contributed by atoms with van der Waals surface area (Å²) in [7, 11) is 1.31. The third-order valence-corrected chi connectivity index (χ3v) is 3.15. The van der Waals surface area contributed by atoms with E-state index in [0.29, 0.717) is 5.92 Å². The summed E-state index contributed by atoms with van der Waals surface area (Å²) in [6, 6.07) is -0.204. The molecule has 1 heterocycles. The Bertz CT molecular complexity index is 283. The molecule has 2 unspecified atom stereocenters. The molecule has 0 spiro atoms. The van der Waals surface area contributed by atoms with Crippen molar-refractivity contribution in [2.75, 3.05) is 26.7 Å². The summed E-state index contributed by atoms with van der Waals surface area (Å²) in [5, 5.41) is 11.3. The number of urea groups is 1. The molecule has 0 bridgehead atoms. The lowest BCUT2D eigenvalue weighted by molar-refractivity contribution is -0.148. The van der Waals surface area contributed by atoms with Crippen molar-refractivity contribution in [3.8, 4) is 0 Å². The van der Waals surface area contributed by atoms with Gasteiger partial charge in [0, 0.05) is 20.2 Å². The molecule has 1 rings (SSSR count). The van der Waals surface area contributed by atoms with Crippen LogP contribution >= 0.6 is 0 Å². The molecule has 17 heavy (non-hydrogen) atoms. The molecule has 0 aliphatic carbocycles. The van der Waals surface area contributed by atoms with Crippen LogP contribution in [0, 0.1) is 5.92 Å². The van der Waals surface area contributed by atoms with Crippen molar-refractivity contribution < 1.29 is 19.4 Å². The SMILES string of the molecule is CCC1CCN(C(=O)NCC(OC)C(=O)O)C1. The molecular formula is C11H20N2O4. The van der Waals surface area contributed by atoms with Gasteiger partial charge in [0.2, 0.25) is 0 Å². The molecule has 2 amide bonds. The summed E-state index contributed by atoms with van der Waals surface area (Å²) in [5.74, 6) is -0.501. The number of likely N-dealkylation sites (tertiary alicyclic amines) is 1. The maximum Gasteiger partial charge on any atom is 0.334 e. The van der Waals surface area contributed by atoms with Crippen molar-refractivity contribution in [2.45, 2.75) is 25.9 Å². The monoisotopic (exact) mass is 244 g/mol. The Balaban J connectivity index is 2.32. The van der Waals surface area contributed by atoms with E-state index in [-0.39, 0.29) is 12.6 Å². The largest absolute Gasteiger partial charge is 0.479 e. The number of nitrogens with one attached hydrogen (secondary N) is 1. The fourth-order valence-corrected chi connectivity index (χ4v) is 1.91. The Morgan fingerprint density at radius 2 is 2.29 bits per heavy atom. The topological polar surface area (TPSA) is 78.9 Å². The Morgan fingerprint density at radius 1 is 1.59 bits per heavy atom. The van der Waals surface area contributed by atoms with Crippen LogP contribution in [0.2, 0.25) is 0 Å². The quantitative estimate of drug-likeness (QED) is 0.739. The van der Waals surface area contributed by atoms with Crippen LogP contribution in [-0.4, -0.2) is 54.9 Å². The summed E-state index contributed by atoms with van der Waals surface area (Å²) in [6.45, 7) is 3.61. The van der Waals surface area contributed by atoms with E-state index in [9.17, 15) is 9.59 Å². The van der Waals surface area contributed by atoms with Crippen LogP contribution in [-0.2, 0) is 9.53 Å². The second kappa shape index (κ2) is 6.44. The second-order valence-corrected chi connectivity index (χ2v) is 4.26. The number of carboxylic acid groups (broad SMARTS) is 1. The highest BCUT2D eigenvalue weighted by Crippen LogP contribution is 2.18. The summed E-state index contributed by atoms with van der Waals surface area (Å²) in [6.07, 6.45) is 1.11. The Hall–Kier alpha value is -1.30. The summed E-state index contributed by atoms with van der Waals surface area (Å²) < 4.78 is 4.73. The lowest BCUT2D eigenvalue weighted by atomic mass is 10.1. The first kappa shape index (κ1) is 13.8. The molecule has 2 atom stereocenters. The van der Waals surface area contributed by atoms with Crippen LogP contribution in [0.5, 0.6) is 0 Å². The molecule has 2 N–H and O–H groups in total. The third-order valence-electron chi connectivity index (χ3n) is 3.15. The zero-order valence-electron chi connectivity index (χ0n) is 10.3. The minimum atomic E-state index is -1.07. The van der Waals surface area contributed by atoms with Crippen molar-refractivity contribution in [1.29, 1.82) is 0 Å². The number of nitrogens with zero attached hydrogens (tertiary/aromatic N) is 1. The highest BCUT2D eigenvalue weighted by molar-refractivity contribution is 5.77. The minimum Gasteiger partial charge on any atom is -0.479 e. The van der Waals surface area contributed by atoms with Crippen molar-refractivity contribution in [1.82, 2.24) is 10.2 Å². The number of amides is 2. The smallest absolute Gasteiger partial charge is 0.334 e.